The fraction of sp³-hybridized carbons (Fsp3) is 0.105. The lowest BCUT2D eigenvalue weighted by Crippen LogP contribution is -2.19. The Labute approximate surface area is 158 Å². The summed E-state index contributed by atoms with van der Waals surface area (Å²) in [5.41, 5.74) is 6.18. The summed E-state index contributed by atoms with van der Waals surface area (Å²) in [6.07, 6.45) is 1.52. The van der Waals surface area contributed by atoms with Crippen LogP contribution in [0.5, 0.6) is 11.5 Å². The number of halogens is 2. The van der Waals surface area contributed by atoms with E-state index in [2.05, 4.69) is 9.73 Å². The molecule has 0 saturated heterocycles. The molecule has 1 heterocycles. The number of nitrogens with two attached hydrogens (primary N) is 1. The summed E-state index contributed by atoms with van der Waals surface area (Å²) >= 11 is 0. The van der Waals surface area contributed by atoms with Gasteiger partial charge >= 0.3 is 12.6 Å². The molecule has 1 aliphatic rings. The number of benzene rings is 2. The van der Waals surface area contributed by atoms with Crippen LogP contribution in [-0.2, 0) is 14.3 Å². The van der Waals surface area contributed by atoms with Crippen LogP contribution in [0.4, 0.5) is 8.78 Å². The van der Waals surface area contributed by atoms with Crippen molar-refractivity contribution in [3.8, 4) is 11.5 Å². The number of nitrogens with zero attached hydrogens (tertiary/aromatic N) is 1. The highest BCUT2D eigenvalue weighted by Crippen LogP contribution is 2.22. The summed E-state index contributed by atoms with van der Waals surface area (Å²) < 4.78 is 38.9. The molecule has 1 amide bonds. The van der Waals surface area contributed by atoms with Crippen LogP contribution in [0.3, 0.4) is 0 Å². The summed E-state index contributed by atoms with van der Waals surface area (Å²) in [6, 6.07) is 12.1. The van der Waals surface area contributed by atoms with Crippen LogP contribution in [0.1, 0.15) is 11.1 Å². The third-order valence-corrected chi connectivity index (χ3v) is 3.51. The summed E-state index contributed by atoms with van der Waals surface area (Å²) in [5, 5.41) is 0. The number of carbonyl (C=O) groups excluding carboxylic acids is 2. The molecule has 0 saturated carbocycles. The van der Waals surface area contributed by atoms with Crippen molar-refractivity contribution in [2.75, 3.05) is 6.61 Å². The van der Waals surface area contributed by atoms with Crippen LogP contribution in [0.15, 0.2) is 59.2 Å². The lowest BCUT2D eigenvalue weighted by atomic mass is 10.2. The molecular weight excluding hydrogens is 374 g/mol. The Hall–Kier alpha value is -3.75. The Kier molecular flexibility index (Phi) is 5.64. The van der Waals surface area contributed by atoms with Crippen LogP contribution in [0.2, 0.25) is 0 Å². The molecule has 2 aromatic rings. The molecule has 0 aliphatic carbocycles. The third kappa shape index (κ3) is 4.91. The summed E-state index contributed by atoms with van der Waals surface area (Å²) in [6.45, 7) is -3.16. The maximum atomic E-state index is 12.2. The van der Waals surface area contributed by atoms with E-state index in [0.717, 1.165) is 0 Å². The molecule has 1 aliphatic heterocycles. The average Bonchev–Trinajstić information content (AvgIpc) is 3.02. The van der Waals surface area contributed by atoms with Crippen molar-refractivity contribution in [1.29, 1.82) is 0 Å². The molecule has 0 aromatic heterocycles. The number of aliphatic imine (C=N–C) groups is 1. The first-order valence-electron chi connectivity index (χ1n) is 8.00. The number of cyclic esters (lactones) is 1. The second-order valence-corrected chi connectivity index (χ2v) is 5.56. The lowest BCUT2D eigenvalue weighted by Gasteiger charge is -2.04. The molecule has 0 fully saturated rings. The number of primary amides is 1. The summed E-state index contributed by atoms with van der Waals surface area (Å²) in [7, 11) is 0. The maximum Gasteiger partial charge on any atom is 0.387 e. The smallest absolute Gasteiger partial charge is 0.387 e. The molecule has 3 rings (SSSR count). The van der Waals surface area contributed by atoms with Crippen LogP contribution in [0.25, 0.3) is 6.08 Å². The molecule has 0 radical (unpaired) electrons. The first-order chi connectivity index (χ1) is 13.4. The maximum absolute atomic E-state index is 12.2. The number of alkyl halides is 2. The van der Waals surface area contributed by atoms with Gasteiger partial charge in [-0.05, 0) is 48.0 Å². The standard InChI is InChI=1S/C19H14F2N2O5/c20-19(21)27-14-7-3-12(4-8-14)17-23-15(18(25)28-17)9-11-1-5-13(6-2-11)26-10-16(22)24/h1-9,19H,10H2,(H2,22,24)/b15-9+. The summed E-state index contributed by atoms with van der Waals surface area (Å²) in [4.78, 5) is 26.8. The minimum Gasteiger partial charge on any atom is -0.484 e. The first kappa shape index (κ1) is 19.0. The van der Waals surface area contributed by atoms with Crippen molar-refractivity contribution in [1.82, 2.24) is 0 Å². The summed E-state index contributed by atoms with van der Waals surface area (Å²) in [5.74, 6) is -0.739. The topological polar surface area (TPSA) is 100 Å². The van der Waals surface area contributed by atoms with Gasteiger partial charge in [-0.1, -0.05) is 12.1 Å². The quantitative estimate of drug-likeness (QED) is 0.580. The zero-order chi connectivity index (χ0) is 20.1. The second kappa shape index (κ2) is 8.30. The first-order valence-corrected chi connectivity index (χ1v) is 8.00. The van der Waals surface area contributed by atoms with E-state index >= 15 is 0 Å². The fourth-order valence-corrected chi connectivity index (χ4v) is 2.28. The molecule has 0 atom stereocenters. The number of esters is 1. The van der Waals surface area contributed by atoms with E-state index in [4.69, 9.17) is 15.2 Å². The zero-order valence-corrected chi connectivity index (χ0v) is 14.3. The Balaban J connectivity index is 1.73. The van der Waals surface area contributed by atoms with Gasteiger partial charge in [0.15, 0.2) is 12.3 Å². The molecule has 28 heavy (non-hydrogen) atoms. The van der Waals surface area contributed by atoms with Crippen molar-refractivity contribution in [3.63, 3.8) is 0 Å². The Morgan fingerprint density at radius 1 is 1.11 bits per heavy atom. The van der Waals surface area contributed by atoms with Crippen LogP contribution < -0.4 is 15.2 Å². The van der Waals surface area contributed by atoms with Gasteiger partial charge in [-0.15, -0.1) is 0 Å². The highest BCUT2D eigenvalue weighted by molar-refractivity contribution is 6.12. The SMILES string of the molecule is NC(=O)COc1ccc(/C=C2/N=C(c3ccc(OC(F)F)cc3)OC2=O)cc1. The number of amides is 1. The van der Waals surface area contributed by atoms with Crippen molar-refractivity contribution in [3.05, 3.63) is 65.4 Å². The molecular formula is C19H14F2N2O5. The Morgan fingerprint density at radius 2 is 1.75 bits per heavy atom. The minimum absolute atomic E-state index is 0.0157. The van der Waals surface area contributed by atoms with Crippen molar-refractivity contribution in [2.24, 2.45) is 10.7 Å². The highest BCUT2D eigenvalue weighted by atomic mass is 19.3. The fourth-order valence-electron chi connectivity index (χ4n) is 2.28. The number of carbonyl (C=O) groups is 2. The van der Waals surface area contributed by atoms with Gasteiger partial charge in [0.05, 0.1) is 0 Å². The predicted molar refractivity (Wildman–Crippen MR) is 94.8 cm³/mol. The van der Waals surface area contributed by atoms with Gasteiger partial charge in [0.2, 0.25) is 5.90 Å². The number of rotatable bonds is 7. The average molecular weight is 388 g/mol. The Bertz CT molecular complexity index is 938. The van der Waals surface area contributed by atoms with Gasteiger partial charge in [-0.2, -0.15) is 8.78 Å². The molecule has 7 nitrogen and oxygen atoms in total. The molecule has 2 N–H and O–H groups in total. The van der Waals surface area contributed by atoms with Gasteiger partial charge < -0.3 is 19.9 Å². The van der Waals surface area contributed by atoms with Crippen molar-refractivity contribution in [2.45, 2.75) is 6.61 Å². The van der Waals surface area contributed by atoms with Gasteiger partial charge in [0.1, 0.15) is 11.5 Å². The number of hydrogen-bond donors (Lipinski definition) is 1. The zero-order valence-electron chi connectivity index (χ0n) is 14.3. The Morgan fingerprint density at radius 3 is 2.36 bits per heavy atom. The molecule has 2 aromatic carbocycles. The van der Waals surface area contributed by atoms with Gasteiger partial charge in [-0.3, -0.25) is 4.79 Å². The molecule has 0 bridgehead atoms. The lowest BCUT2D eigenvalue weighted by molar-refractivity contribution is -0.130. The van der Waals surface area contributed by atoms with E-state index < -0.39 is 18.5 Å². The monoisotopic (exact) mass is 388 g/mol. The predicted octanol–water partition coefficient (Wildman–Crippen LogP) is 2.50. The van der Waals surface area contributed by atoms with Gasteiger partial charge in [-0.25, -0.2) is 9.79 Å². The van der Waals surface area contributed by atoms with Crippen molar-refractivity contribution >= 4 is 23.9 Å². The van der Waals surface area contributed by atoms with E-state index in [9.17, 15) is 18.4 Å². The van der Waals surface area contributed by atoms with E-state index in [1.54, 1.807) is 24.3 Å². The minimum atomic E-state index is -2.92. The normalized spacial score (nSPS) is 14.8. The van der Waals surface area contributed by atoms with Gasteiger partial charge in [0, 0.05) is 5.56 Å². The van der Waals surface area contributed by atoms with Gasteiger partial charge in [0.25, 0.3) is 5.91 Å². The third-order valence-electron chi connectivity index (χ3n) is 3.51. The van der Waals surface area contributed by atoms with E-state index in [0.29, 0.717) is 16.9 Å². The highest BCUT2D eigenvalue weighted by Gasteiger charge is 2.24. The second-order valence-electron chi connectivity index (χ2n) is 5.56. The van der Waals surface area contributed by atoms with Crippen LogP contribution >= 0.6 is 0 Å². The largest absolute Gasteiger partial charge is 0.484 e. The molecule has 9 heteroatoms. The van der Waals surface area contributed by atoms with Crippen LogP contribution in [0, 0.1) is 0 Å². The number of hydrogen-bond acceptors (Lipinski definition) is 6. The molecule has 144 valence electrons. The van der Waals surface area contributed by atoms with E-state index in [1.807, 2.05) is 0 Å². The van der Waals surface area contributed by atoms with E-state index in [1.165, 1.54) is 30.3 Å². The van der Waals surface area contributed by atoms with Crippen LogP contribution in [-0.4, -0.2) is 31.0 Å². The molecule has 0 unspecified atom stereocenters. The molecule has 0 spiro atoms. The van der Waals surface area contributed by atoms with E-state index in [-0.39, 0.29) is 24.0 Å². The number of ether oxygens (including phenoxy) is 3. The van der Waals surface area contributed by atoms with Crippen molar-refractivity contribution < 1.29 is 32.6 Å².